The number of fused-ring (bicyclic) bond motifs is 1. The number of hydrogen-bond donors (Lipinski definition) is 2. The molecule has 100 valence electrons. The summed E-state index contributed by atoms with van der Waals surface area (Å²) in [6.07, 6.45) is 4.04. The summed E-state index contributed by atoms with van der Waals surface area (Å²) in [7, 11) is 0. The number of H-pyrrole nitrogens is 1. The number of carbonyl (C=O) groups excluding carboxylic acids is 1. The van der Waals surface area contributed by atoms with Gasteiger partial charge in [-0.25, -0.2) is 0 Å². The molecule has 0 aliphatic heterocycles. The van der Waals surface area contributed by atoms with Crippen LogP contribution in [0.3, 0.4) is 0 Å². The van der Waals surface area contributed by atoms with E-state index in [4.69, 9.17) is 4.74 Å². The molecule has 0 saturated heterocycles. The minimum absolute atomic E-state index is 0.00329. The molecular formula is C15H18N2O2. The fourth-order valence-corrected chi connectivity index (χ4v) is 2.51. The van der Waals surface area contributed by atoms with Gasteiger partial charge in [0.2, 0.25) is 0 Å². The van der Waals surface area contributed by atoms with Crippen LogP contribution in [0.5, 0.6) is 0 Å². The zero-order chi connectivity index (χ0) is 13.2. The van der Waals surface area contributed by atoms with Crippen molar-refractivity contribution in [2.24, 2.45) is 0 Å². The highest BCUT2D eigenvalue weighted by Gasteiger charge is 2.30. The SMILES string of the molecule is CCOC1CC(NC(=O)c2ccc3cc[nH]c3c2)C1. The van der Waals surface area contributed by atoms with Crippen LogP contribution in [0.1, 0.15) is 30.1 Å². The molecule has 3 rings (SSSR count). The van der Waals surface area contributed by atoms with E-state index in [9.17, 15) is 4.79 Å². The standard InChI is InChI=1S/C15H18N2O2/c1-2-19-13-8-12(9-13)17-15(18)11-4-3-10-5-6-16-14(10)7-11/h3-7,12-13,16H,2,8-9H2,1H3,(H,17,18). The first kappa shape index (κ1) is 12.2. The molecule has 0 unspecified atom stereocenters. The van der Waals surface area contributed by atoms with Gasteiger partial charge in [-0.1, -0.05) is 6.07 Å². The summed E-state index contributed by atoms with van der Waals surface area (Å²) in [5.74, 6) is -0.00329. The molecule has 4 heteroatoms. The highest BCUT2D eigenvalue weighted by Crippen LogP contribution is 2.23. The molecule has 0 bridgehead atoms. The summed E-state index contributed by atoms with van der Waals surface area (Å²) in [4.78, 5) is 15.2. The van der Waals surface area contributed by atoms with Crippen molar-refractivity contribution in [1.29, 1.82) is 0 Å². The van der Waals surface area contributed by atoms with E-state index in [-0.39, 0.29) is 11.9 Å². The Hall–Kier alpha value is -1.81. The molecule has 1 amide bonds. The van der Waals surface area contributed by atoms with Gasteiger partial charge < -0.3 is 15.0 Å². The second-order valence-corrected chi connectivity index (χ2v) is 5.00. The van der Waals surface area contributed by atoms with E-state index in [1.165, 1.54) is 0 Å². The Balaban J connectivity index is 1.61. The maximum absolute atomic E-state index is 12.1. The predicted molar refractivity (Wildman–Crippen MR) is 74.2 cm³/mol. The summed E-state index contributed by atoms with van der Waals surface area (Å²) < 4.78 is 5.49. The van der Waals surface area contributed by atoms with Crippen molar-refractivity contribution in [3.8, 4) is 0 Å². The highest BCUT2D eigenvalue weighted by molar-refractivity contribution is 5.98. The Kier molecular flexibility index (Phi) is 3.25. The third-order valence-corrected chi connectivity index (χ3v) is 3.65. The number of amides is 1. The van der Waals surface area contributed by atoms with Crippen LogP contribution in [-0.4, -0.2) is 29.6 Å². The second kappa shape index (κ2) is 5.05. The van der Waals surface area contributed by atoms with Crippen molar-refractivity contribution in [2.75, 3.05) is 6.61 Å². The van der Waals surface area contributed by atoms with Gasteiger partial charge in [0.25, 0.3) is 5.91 Å². The van der Waals surface area contributed by atoms with Crippen molar-refractivity contribution in [3.63, 3.8) is 0 Å². The first-order valence-corrected chi connectivity index (χ1v) is 6.76. The summed E-state index contributed by atoms with van der Waals surface area (Å²) in [5, 5.41) is 4.17. The molecule has 1 fully saturated rings. The number of benzene rings is 1. The molecule has 2 aromatic rings. The van der Waals surface area contributed by atoms with Crippen LogP contribution in [0.25, 0.3) is 10.9 Å². The van der Waals surface area contributed by atoms with Gasteiger partial charge in [-0.3, -0.25) is 4.79 Å². The Morgan fingerprint density at radius 3 is 3.05 bits per heavy atom. The molecule has 0 spiro atoms. The number of carbonyl (C=O) groups is 1. The van der Waals surface area contributed by atoms with Gasteiger partial charge in [-0.2, -0.15) is 0 Å². The lowest BCUT2D eigenvalue weighted by atomic mass is 9.89. The highest BCUT2D eigenvalue weighted by atomic mass is 16.5. The fraction of sp³-hybridized carbons (Fsp3) is 0.400. The average molecular weight is 258 g/mol. The van der Waals surface area contributed by atoms with E-state index in [0.717, 1.165) is 30.4 Å². The van der Waals surface area contributed by atoms with Crippen LogP contribution in [0.4, 0.5) is 0 Å². The zero-order valence-corrected chi connectivity index (χ0v) is 11.0. The van der Waals surface area contributed by atoms with Gasteiger partial charge in [-0.15, -0.1) is 0 Å². The van der Waals surface area contributed by atoms with E-state index >= 15 is 0 Å². The van der Waals surface area contributed by atoms with Gasteiger partial charge >= 0.3 is 0 Å². The van der Waals surface area contributed by atoms with Crippen molar-refractivity contribution < 1.29 is 9.53 Å². The van der Waals surface area contributed by atoms with Gasteiger partial charge in [0.1, 0.15) is 0 Å². The molecule has 1 aliphatic rings. The molecule has 1 aliphatic carbocycles. The molecule has 0 atom stereocenters. The molecule has 0 radical (unpaired) electrons. The predicted octanol–water partition coefficient (Wildman–Crippen LogP) is 2.47. The lowest BCUT2D eigenvalue weighted by molar-refractivity contribution is -0.00862. The number of aromatic nitrogens is 1. The number of hydrogen-bond acceptors (Lipinski definition) is 2. The first-order valence-electron chi connectivity index (χ1n) is 6.76. The van der Waals surface area contributed by atoms with Crippen LogP contribution < -0.4 is 5.32 Å². The van der Waals surface area contributed by atoms with Crippen LogP contribution in [-0.2, 0) is 4.74 Å². The topological polar surface area (TPSA) is 54.1 Å². The van der Waals surface area contributed by atoms with Crippen LogP contribution in [0, 0.1) is 0 Å². The van der Waals surface area contributed by atoms with Crippen LogP contribution in [0.15, 0.2) is 30.5 Å². The monoisotopic (exact) mass is 258 g/mol. The van der Waals surface area contributed by atoms with E-state index < -0.39 is 0 Å². The fourth-order valence-electron chi connectivity index (χ4n) is 2.51. The van der Waals surface area contributed by atoms with Gasteiger partial charge in [-0.05, 0) is 43.4 Å². The maximum atomic E-state index is 12.1. The second-order valence-electron chi connectivity index (χ2n) is 5.00. The van der Waals surface area contributed by atoms with Crippen LogP contribution >= 0.6 is 0 Å². The third-order valence-electron chi connectivity index (χ3n) is 3.65. The lowest BCUT2D eigenvalue weighted by Crippen LogP contribution is -2.47. The number of aromatic amines is 1. The molecule has 4 nitrogen and oxygen atoms in total. The van der Waals surface area contributed by atoms with Crippen molar-refractivity contribution in [2.45, 2.75) is 31.9 Å². The normalized spacial score (nSPS) is 22.2. The molecule has 2 N–H and O–H groups in total. The molecule has 1 aromatic heterocycles. The largest absolute Gasteiger partial charge is 0.378 e. The molecule has 19 heavy (non-hydrogen) atoms. The van der Waals surface area contributed by atoms with Gasteiger partial charge in [0.05, 0.1) is 6.10 Å². The van der Waals surface area contributed by atoms with E-state index in [1.807, 2.05) is 37.4 Å². The lowest BCUT2D eigenvalue weighted by Gasteiger charge is -2.35. The zero-order valence-electron chi connectivity index (χ0n) is 11.0. The molecule has 1 saturated carbocycles. The van der Waals surface area contributed by atoms with E-state index in [0.29, 0.717) is 11.7 Å². The third kappa shape index (κ3) is 2.49. The number of ether oxygens (including phenoxy) is 1. The first-order chi connectivity index (χ1) is 9.26. The van der Waals surface area contributed by atoms with E-state index in [1.54, 1.807) is 0 Å². The van der Waals surface area contributed by atoms with Crippen molar-refractivity contribution in [3.05, 3.63) is 36.0 Å². The van der Waals surface area contributed by atoms with Crippen LogP contribution in [0.2, 0.25) is 0 Å². The Morgan fingerprint density at radius 2 is 2.26 bits per heavy atom. The maximum Gasteiger partial charge on any atom is 0.251 e. The quantitative estimate of drug-likeness (QED) is 0.885. The van der Waals surface area contributed by atoms with Gasteiger partial charge in [0, 0.05) is 29.9 Å². The number of rotatable bonds is 4. The molecule has 1 aromatic carbocycles. The molecular weight excluding hydrogens is 240 g/mol. The Bertz CT molecular complexity index is 585. The summed E-state index contributed by atoms with van der Waals surface area (Å²) in [6, 6.07) is 7.97. The molecule has 1 heterocycles. The Labute approximate surface area is 112 Å². The van der Waals surface area contributed by atoms with Gasteiger partial charge in [0.15, 0.2) is 0 Å². The summed E-state index contributed by atoms with van der Waals surface area (Å²) in [6.45, 7) is 2.74. The smallest absolute Gasteiger partial charge is 0.251 e. The summed E-state index contributed by atoms with van der Waals surface area (Å²) in [5.41, 5.74) is 1.70. The minimum Gasteiger partial charge on any atom is -0.378 e. The minimum atomic E-state index is -0.00329. The summed E-state index contributed by atoms with van der Waals surface area (Å²) >= 11 is 0. The Morgan fingerprint density at radius 1 is 1.42 bits per heavy atom. The number of nitrogens with one attached hydrogen (secondary N) is 2. The van der Waals surface area contributed by atoms with Crippen molar-refractivity contribution >= 4 is 16.8 Å². The van der Waals surface area contributed by atoms with Crippen molar-refractivity contribution in [1.82, 2.24) is 10.3 Å². The van der Waals surface area contributed by atoms with E-state index in [2.05, 4.69) is 10.3 Å². The average Bonchev–Trinajstić information content (AvgIpc) is 2.83.